The fourth-order valence-electron chi connectivity index (χ4n) is 1.62. The molecule has 1 aromatic heterocycles. The van der Waals surface area contributed by atoms with Crippen molar-refractivity contribution in [3.05, 3.63) is 54.0 Å². The van der Waals surface area contributed by atoms with Gasteiger partial charge in [0.25, 0.3) is 10.0 Å². The molecule has 20 heavy (non-hydrogen) atoms. The molecule has 0 radical (unpaired) electrons. The molecule has 106 valence electrons. The van der Waals surface area contributed by atoms with Crippen LogP contribution in [0.15, 0.2) is 47.6 Å². The highest BCUT2D eigenvalue weighted by molar-refractivity contribution is 7.92. The van der Waals surface area contributed by atoms with E-state index in [4.69, 9.17) is 11.6 Å². The molecular formula is C13H12ClFN2O2S. The largest absolute Gasteiger partial charge is 0.281 e. The Bertz CT molecular complexity index is 705. The van der Waals surface area contributed by atoms with Crippen LogP contribution in [0.1, 0.15) is 5.56 Å². The average molecular weight is 315 g/mol. The van der Waals surface area contributed by atoms with Gasteiger partial charge in [0.15, 0.2) is 5.03 Å². The number of para-hydroxylation sites is 1. The second-order valence-corrected chi connectivity index (χ2v) is 6.25. The number of aromatic nitrogens is 1. The first-order valence-electron chi connectivity index (χ1n) is 5.71. The van der Waals surface area contributed by atoms with Crippen LogP contribution in [0, 0.1) is 5.82 Å². The number of halogens is 2. The van der Waals surface area contributed by atoms with E-state index < -0.39 is 15.8 Å². The first-order valence-corrected chi connectivity index (χ1v) is 7.68. The summed E-state index contributed by atoms with van der Waals surface area (Å²) in [4.78, 5) is 3.86. The molecule has 0 spiro atoms. The predicted octanol–water partition coefficient (Wildman–Crippen LogP) is 2.78. The van der Waals surface area contributed by atoms with E-state index >= 15 is 0 Å². The molecule has 1 heterocycles. The Morgan fingerprint density at radius 3 is 2.50 bits per heavy atom. The molecule has 2 aromatic rings. The van der Waals surface area contributed by atoms with Gasteiger partial charge in [0.1, 0.15) is 5.82 Å². The first kappa shape index (κ1) is 14.7. The number of hydrogen-bond acceptors (Lipinski definition) is 3. The number of hydrogen-bond donors (Lipinski definition) is 0. The lowest BCUT2D eigenvalue weighted by molar-refractivity contribution is 0.586. The number of pyridine rings is 1. The van der Waals surface area contributed by atoms with Gasteiger partial charge in [0.2, 0.25) is 0 Å². The molecule has 0 fully saturated rings. The van der Waals surface area contributed by atoms with Crippen LogP contribution in [0.3, 0.4) is 0 Å². The van der Waals surface area contributed by atoms with Crippen LogP contribution in [-0.2, 0) is 15.9 Å². The fraction of sp³-hybridized carbons (Fsp3) is 0.154. The minimum absolute atomic E-state index is 0.0317. The molecule has 0 saturated carbocycles. The van der Waals surface area contributed by atoms with Gasteiger partial charge in [0.05, 0.1) is 5.69 Å². The zero-order valence-electron chi connectivity index (χ0n) is 10.6. The number of rotatable bonds is 4. The minimum Gasteiger partial charge on any atom is -0.265 e. The van der Waals surface area contributed by atoms with Crippen LogP contribution in [0.4, 0.5) is 10.1 Å². The van der Waals surface area contributed by atoms with Crippen LogP contribution in [0.2, 0.25) is 0 Å². The Kier molecular flexibility index (Phi) is 4.25. The van der Waals surface area contributed by atoms with Crippen LogP contribution in [-0.4, -0.2) is 20.4 Å². The predicted molar refractivity (Wildman–Crippen MR) is 75.8 cm³/mol. The van der Waals surface area contributed by atoms with Gasteiger partial charge >= 0.3 is 0 Å². The lowest BCUT2D eigenvalue weighted by atomic mass is 10.3. The number of benzene rings is 1. The van der Waals surface area contributed by atoms with Crippen molar-refractivity contribution >= 4 is 27.3 Å². The van der Waals surface area contributed by atoms with E-state index in [1.165, 1.54) is 37.5 Å². The van der Waals surface area contributed by atoms with Crippen LogP contribution >= 0.6 is 11.6 Å². The van der Waals surface area contributed by atoms with Gasteiger partial charge in [-0.25, -0.2) is 9.37 Å². The molecule has 0 bridgehead atoms. The molecule has 0 amide bonds. The summed E-state index contributed by atoms with van der Waals surface area (Å²) < 4.78 is 39.2. The van der Waals surface area contributed by atoms with E-state index in [-0.39, 0.29) is 16.6 Å². The normalized spacial score (nSPS) is 11.3. The quantitative estimate of drug-likeness (QED) is 0.815. The third-order valence-corrected chi connectivity index (χ3v) is 4.76. The van der Waals surface area contributed by atoms with Crippen molar-refractivity contribution < 1.29 is 12.8 Å². The second kappa shape index (κ2) is 5.76. The second-order valence-electron chi connectivity index (χ2n) is 4.06. The maximum atomic E-state index is 13.7. The van der Waals surface area contributed by atoms with E-state index in [9.17, 15) is 12.8 Å². The van der Waals surface area contributed by atoms with Crippen LogP contribution in [0.5, 0.6) is 0 Å². The topological polar surface area (TPSA) is 50.3 Å². The summed E-state index contributed by atoms with van der Waals surface area (Å²) in [5, 5.41) is -0.155. The molecule has 0 N–H and O–H groups in total. The summed E-state index contributed by atoms with van der Waals surface area (Å²) in [6, 6.07) is 8.57. The van der Waals surface area contributed by atoms with Crippen LogP contribution < -0.4 is 4.31 Å². The zero-order chi connectivity index (χ0) is 14.8. The number of anilines is 1. The average Bonchev–Trinajstić information content (AvgIpc) is 2.47. The van der Waals surface area contributed by atoms with Crippen molar-refractivity contribution in [1.29, 1.82) is 0 Å². The molecule has 4 nitrogen and oxygen atoms in total. The highest BCUT2D eigenvalue weighted by Crippen LogP contribution is 2.23. The molecule has 1 aromatic carbocycles. The highest BCUT2D eigenvalue weighted by Gasteiger charge is 2.24. The van der Waals surface area contributed by atoms with Gasteiger partial charge < -0.3 is 0 Å². The van der Waals surface area contributed by atoms with E-state index in [1.54, 1.807) is 12.1 Å². The number of sulfonamides is 1. The standard InChI is InChI=1S/C13H12ClFN2O2S/c1-17(12-5-3-2-4-11(12)15)20(18,19)13-7-6-10(8-14)9-16-13/h2-7,9H,8H2,1H3. The third-order valence-electron chi connectivity index (χ3n) is 2.77. The molecule has 0 atom stereocenters. The lowest BCUT2D eigenvalue weighted by Crippen LogP contribution is -2.28. The fourth-order valence-corrected chi connectivity index (χ4v) is 2.89. The zero-order valence-corrected chi connectivity index (χ0v) is 12.2. The molecule has 0 aliphatic carbocycles. The molecule has 0 unspecified atom stereocenters. The number of nitrogens with zero attached hydrogens (tertiary/aromatic N) is 2. The maximum absolute atomic E-state index is 13.7. The van der Waals surface area contributed by atoms with Gasteiger partial charge in [0, 0.05) is 19.1 Å². The summed E-state index contributed by atoms with van der Waals surface area (Å²) in [5.74, 6) is -0.368. The Morgan fingerprint density at radius 2 is 1.95 bits per heavy atom. The minimum atomic E-state index is -3.90. The van der Waals surface area contributed by atoms with E-state index in [1.807, 2.05) is 0 Å². The highest BCUT2D eigenvalue weighted by atomic mass is 35.5. The maximum Gasteiger partial charge on any atom is 0.281 e. The molecule has 7 heteroatoms. The molecule has 0 aliphatic heterocycles. The van der Waals surface area contributed by atoms with Gasteiger partial charge in [-0.2, -0.15) is 8.42 Å². The monoisotopic (exact) mass is 314 g/mol. The molecule has 0 saturated heterocycles. The van der Waals surface area contributed by atoms with Crippen molar-refractivity contribution in [2.45, 2.75) is 10.9 Å². The van der Waals surface area contributed by atoms with Crippen molar-refractivity contribution in [1.82, 2.24) is 4.98 Å². The molecule has 2 rings (SSSR count). The molecule has 0 aliphatic rings. The summed E-state index contributed by atoms with van der Waals surface area (Å²) >= 11 is 5.62. The third kappa shape index (κ3) is 2.76. The van der Waals surface area contributed by atoms with Gasteiger partial charge in [-0.15, -0.1) is 11.6 Å². The SMILES string of the molecule is CN(c1ccccc1F)S(=O)(=O)c1ccc(CCl)cn1. The van der Waals surface area contributed by atoms with E-state index in [0.717, 1.165) is 4.31 Å². The summed E-state index contributed by atoms with van der Waals surface area (Å²) in [6.07, 6.45) is 1.38. The summed E-state index contributed by atoms with van der Waals surface area (Å²) in [7, 11) is -2.62. The Morgan fingerprint density at radius 1 is 1.25 bits per heavy atom. The Labute approximate surface area is 121 Å². The Hall–Kier alpha value is -1.66. The van der Waals surface area contributed by atoms with Crippen molar-refractivity contribution in [3.8, 4) is 0 Å². The summed E-state index contributed by atoms with van der Waals surface area (Å²) in [6.45, 7) is 0. The van der Waals surface area contributed by atoms with Crippen molar-refractivity contribution in [2.24, 2.45) is 0 Å². The van der Waals surface area contributed by atoms with Gasteiger partial charge in [-0.1, -0.05) is 18.2 Å². The summed E-state index contributed by atoms with van der Waals surface area (Å²) in [5.41, 5.74) is 0.676. The lowest BCUT2D eigenvalue weighted by Gasteiger charge is -2.19. The van der Waals surface area contributed by atoms with Gasteiger partial charge in [-0.05, 0) is 23.8 Å². The van der Waals surface area contributed by atoms with Crippen LogP contribution in [0.25, 0.3) is 0 Å². The molecular weight excluding hydrogens is 303 g/mol. The van der Waals surface area contributed by atoms with E-state index in [2.05, 4.69) is 4.98 Å². The first-order chi connectivity index (χ1) is 9.46. The van der Waals surface area contributed by atoms with Crippen molar-refractivity contribution in [2.75, 3.05) is 11.4 Å². The smallest absolute Gasteiger partial charge is 0.265 e. The van der Waals surface area contributed by atoms with E-state index in [0.29, 0.717) is 5.56 Å². The number of alkyl halides is 1. The van der Waals surface area contributed by atoms with Gasteiger partial charge in [-0.3, -0.25) is 4.31 Å². The van der Waals surface area contributed by atoms with Crippen molar-refractivity contribution in [3.63, 3.8) is 0 Å². The Balaban J connectivity index is 2.41.